The van der Waals surface area contributed by atoms with E-state index in [0.717, 1.165) is 5.69 Å². The lowest BCUT2D eigenvalue weighted by molar-refractivity contribution is -0.142. The van der Waals surface area contributed by atoms with Crippen LogP contribution in [0.2, 0.25) is 0 Å². The summed E-state index contributed by atoms with van der Waals surface area (Å²) < 4.78 is 0. The number of H-pyrrole nitrogens is 2. The number of carbonyl (C=O) groups excluding carboxylic acids is 1. The van der Waals surface area contributed by atoms with Crippen molar-refractivity contribution in [2.45, 2.75) is 19.0 Å². The average molecular weight is 276 g/mol. The van der Waals surface area contributed by atoms with Crippen molar-refractivity contribution in [1.82, 2.24) is 25.1 Å². The van der Waals surface area contributed by atoms with E-state index >= 15 is 0 Å². The van der Waals surface area contributed by atoms with Gasteiger partial charge in [0.2, 0.25) is 0 Å². The molecule has 0 bridgehead atoms. The number of hydrogen-bond donors (Lipinski definition) is 4. The quantitative estimate of drug-likeness (QED) is 0.622. The second-order valence-electron chi connectivity index (χ2n) is 4.43. The van der Waals surface area contributed by atoms with Crippen LogP contribution in [0.3, 0.4) is 0 Å². The van der Waals surface area contributed by atoms with Gasteiger partial charge in [-0.1, -0.05) is 0 Å². The van der Waals surface area contributed by atoms with E-state index in [1.54, 1.807) is 0 Å². The van der Waals surface area contributed by atoms with Crippen LogP contribution in [0.25, 0.3) is 0 Å². The lowest BCUT2D eigenvalue weighted by Crippen LogP contribution is -2.50. The van der Waals surface area contributed by atoms with Gasteiger partial charge in [-0.05, 0) is 0 Å². The number of carboxylic acid groups (broad SMARTS) is 1. The molecule has 1 aliphatic heterocycles. The summed E-state index contributed by atoms with van der Waals surface area (Å²) in [5, 5.41) is 18.1. The number of carbonyl (C=O) groups is 2. The summed E-state index contributed by atoms with van der Waals surface area (Å²) in [6, 6.07) is -1.42. The van der Waals surface area contributed by atoms with E-state index in [4.69, 9.17) is 0 Å². The molecule has 0 aromatic carbocycles. The minimum Gasteiger partial charge on any atom is -0.480 e. The van der Waals surface area contributed by atoms with Crippen LogP contribution in [0.5, 0.6) is 0 Å². The lowest BCUT2D eigenvalue weighted by Gasteiger charge is -2.32. The second kappa shape index (κ2) is 4.68. The Balaban J connectivity index is 1.82. The number of amides is 2. The first-order chi connectivity index (χ1) is 9.65. The molecule has 0 spiro atoms. The number of imidazole rings is 1. The van der Waals surface area contributed by atoms with Crippen LogP contribution in [0.4, 0.5) is 10.5 Å². The van der Waals surface area contributed by atoms with E-state index in [0.29, 0.717) is 11.4 Å². The van der Waals surface area contributed by atoms with Crippen LogP contribution in [-0.2, 0) is 17.8 Å². The average Bonchev–Trinajstić information content (AvgIpc) is 3.06. The maximum absolute atomic E-state index is 12.2. The van der Waals surface area contributed by atoms with Crippen molar-refractivity contribution >= 4 is 17.7 Å². The molecule has 3 heterocycles. The Morgan fingerprint density at radius 1 is 1.50 bits per heavy atom. The normalized spacial score (nSPS) is 17.6. The molecule has 3 rings (SSSR count). The number of rotatable bonds is 2. The molecule has 1 aliphatic rings. The van der Waals surface area contributed by atoms with Crippen molar-refractivity contribution in [1.29, 1.82) is 0 Å². The van der Waals surface area contributed by atoms with Crippen molar-refractivity contribution in [3.8, 4) is 0 Å². The van der Waals surface area contributed by atoms with Gasteiger partial charge in [-0.3, -0.25) is 5.10 Å². The third-order valence-electron chi connectivity index (χ3n) is 3.19. The number of nitrogens with one attached hydrogen (secondary N) is 3. The summed E-state index contributed by atoms with van der Waals surface area (Å²) in [4.78, 5) is 31.8. The molecule has 0 aliphatic carbocycles. The molecule has 0 radical (unpaired) electrons. The first-order valence-electron chi connectivity index (χ1n) is 5.95. The Morgan fingerprint density at radius 3 is 3.05 bits per heavy atom. The fraction of sp³-hybridized carbons (Fsp3) is 0.273. The van der Waals surface area contributed by atoms with Crippen LogP contribution >= 0.6 is 0 Å². The molecule has 2 aromatic heterocycles. The fourth-order valence-electron chi connectivity index (χ4n) is 2.18. The molecule has 1 unspecified atom stereocenters. The summed E-state index contributed by atoms with van der Waals surface area (Å²) in [6.07, 6.45) is 4.65. The van der Waals surface area contributed by atoms with Gasteiger partial charge in [0, 0.05) is 12.6 Å². The summed E-state index contributed by atoms with van der Waals surface area (Å²) in [7, 11) is 0. The SMILES string of the molecule is O=C(O)C1Cc2nc[nH]c2CN1C(=O)Nc1cn[nH]c1. The van der Waals surface area contributed by atoms with Crippen LogP contribution in [0.1, 0.15) is 11.4 Å². The maximum atomic E-state index is 12.2. The Morgan fingerprint density at radius 2 is 2.35 bits per heavy atom. The first kappa shape index (κ1) is 12.2. The Bertz CT molecular complexity index is 634. The highest BCUT2D eigenvalue weighted by Crippen LogP contribution is 2.21. The molecule has 0 saturated carbocycles. The Kier molecular flexibility index (Phi) is 2.86. The van der Waals surface area contributed by atoms with Crippen molar-refractivity contribution < 1.29 is 14.7 Å². The molecule has 9 nitrogen and oxygen atoms in total. The minimum absolute atomic E-state index is 0.177. The van der Waals surface area contributed by atoms with E-state index < -0.39 is 18.0 Å². The number of aliphatic carboxylic acids is 1. The van der Waals surface area contributed by atoms with Crippen LogP contribution < -0.4 is 5.32 Å². The van der Waals surface area contributed by atoms with Gasteiger partial charge in [0.1, 0.15) is 6.04 Å². The summed E-state index contributed by atoms with van der Waals surface area (Å²) >= 11 is 0. The van der Waals surface area contributed by atoms with Crippen molar-refractivity contribution in [2.75, 3.05) is 5.32 Å². The highest BCUT2D eigenvalue weighted by molar-refractivity contribution is 5.92. The molecule has 104 valence electrons. The lowest BCUT2D eigenvalue weighted by atomic mass is 10.0. The minimum atomic E-state index is -1.05. The molecule has 20 heavy (non-hydrogen) atoms. The van der Waals surface area contributed by atoms with Crippen LogP contribution in [0.15, 0.2) is 18.7 Å². The monoisotopic (exact) mass is 276 g/mol. The Hall–Kier alpha value is -2.84. The zero-order valence-corrected chi connectivity index (χ0v) is 10.3. The topological polar surface area (TPSA) is 127 Å². The number of aromatic nitrogens is 4. The van der Waals surface area contributed by atoms with E-state index in [-0.39, 0.29) is 13.0 Å². The largest absolute Gasteiger partial charge is 0.480 e. The van der Waals surface area contributed by atoms with Gasteiger partial charge < -0.3 is 20.3 Å². The van der Waals surface area contributed by atoms with Crippen molar-refractivity contribution in [3.05, 3.63) is 30.1 Å². The van der Waals surface area contributed by atoms with Gasteiger partial charge in [-0.25, -0.2) is 14.6 Å². The Labute approximate surface area is 113 Å². The van der Waals surface area contributed by atoms with Crippen LogP contribution in [-0.4, -0.2) is 48.2 Å². The van der Waals surface area contributed by atoms with Crippen molar-refractivity contribution in [3.63, 3.8) is 0 Å². The first-order valence-corrected chi connectivity index (χ1v) is 5.95. The zero-order valence-electron chi connectivity index (χ0n) is 10.3. The highest BCUT2D eigenvalue weighted by Gasteiger charge is 2.36. The van der Waals surface area contributed by atoms with E-state index in [1.807, 2.05) is 0 Å². The van der Waals surface area contributed by atoms with E-state index in [2.05, 4.69) is 25.5 Å². The molecular weight excluding hydrogens is 264 g/mol. The fourth-order valence-corrected chi connectivity index (χ4v) is 2.18. The third-order valence-corrected chi connectivity index (χ3v) is 3.19. The predicted molar refractivity (Wildman–Crippen MR) is 66.9 cm³/mol. The number of nitrogens with zero attached hydrogens (tertiary/aromatic N) is 3. The second-order valence-corrected chi connectivity index (χ2v) is 4.43. The van der Waals surface area contributed by atoms with Crippen molar-refractivity contribution in [2.24, 2.45) is 0 Å². The predicted octanol–water partition coefficient (Wildman–Crippen LogP) is 0.176. The number of fused-ring (bicyclic) bond motifs is 1. The zero-order chi connectivity index (χ0) is 14.1. The number of carboxylic acids is 1. The molecule has 1 atom stereocenters. The standard InChI is InChI=1S/C11H12N6O3/c18-10(19)9-1-7-8(13-5-12-7)4-17(9)11(20)16-6-2-14-15-3-6/h2-3,5,9H,1,4H2,(H,12,13)(H,14,15)(H,16,20)(H,18,19). The molecule has 9 heteroatoms. The smallest absolute Gasteiger partial charge is 0.326 e. The summed E-state index contributed by atoms with van der Waals surface area (Å²) in [6.45, 7) is 0.177. The molecule has 0 saturated heterocycles. The van der Waals surface area contributed by atoms with Gasteiger partial charge in [0.05, 0.1) is 36.1 Å². The van der Waals surface area contributed by atoms with Crippen LogP contribution in [0, 0.1) is 0 Å². The number of hydrogen-bond acceptors (Lipinski definition) is 4. The molecular formula is C11H12N6O3. The van der Waals surface area contributed by atoms with Gasteiger partial charge >= 0.3 is 12.0 Å². The number of aromatic amines is 2. The number of urea groups is 1. The summed E-state index contributed by atoms with van der Waals surface area (Å²) in [5.41, 5.74) is 1.92. The van der Waals surface area contributed by atoms with Gasteiger partial charge in [-0.2, -0.15) is 5.10 Å². The molecule has 4 N–H and O–H groups in total. The molecule has 0 fully saturated rings. The van der Waals surface area contributed by atoms with E-state index in [1.165, 1.54) is 23.6 Å². The maximum Gasteiger partial charge on any atom is 0.326 e. The highest BCUT2D eigenvalue weighted by atomic mass is 16.4. The van der Waals surface area contributed by atoms with Gasteiger partial charge in [-0.15, -0.1) is 0 Å². The molecule has 2 aromatic rings. The van der Waals surface area contributed by atoms with Gasteiger partial charge in [0.25, 0.3) is 0 Å². The number of anilines is 1. The third kappa shape index (κ3) is 2.09. The van der Waals surface area contributed by atoms with Gasteiger partial charge in [0.15, 0.2) is 0 Å². The molecule has 2 amide bonds. The van der Waals surface area contributed by atoms with E-state index in [9.17, 15) is 14.7 Å². The summed E-state index contributed by atoms with van der Waals surface area (Å²) in [5.74, 6) is -1.05.